The molecule has 0 fully saturated rings. The lowest BCUT2D eigenvalue weighted by Gasteiger charge is -2.31. The number of carbonyl (C=O) groups is 1. The van der Waals surface area contributed by atoms with Crippen molar-refractivity contribution in [1.82, 2.24) is 4.98 Å². The van der Waals surface area contributed by atoms with Crippen molar-refractivity contribution in [1.29, 1.82) is 0 Å². The summed E-state index contributed by atoms with van der Waals surface area (Å²) in [5, 5.41) is 4.07. The average molecular weight is 460 g/mol. The van der Waals surface area contributed by atoms with E-state index in [2.05, 4.69) is 58.8 Å². The fourth-order valence-electron chi connectivity index (χ4n) is 3.11. The Morgan fingerprint density at radius 1 is 1.11 bits per heavy atom. The molecule has 5 nitrogen and oxygen atoms in total. The van der Waals surface area contributed by atoms with Crippen LogP contribution >= 0.6 is 27.3 Å². The third-order valence-electron chi connectivity index (χ3n) is 4.29. The number of nitrogens with zero attached hydrogens (tertiary/aromatic N) is 2. The van der Waals surface area contributed by atoms with Gasteiger partial charge in [0.05, 0.1) is 5.39 Å². The quantitative estimate of drug-likeness (QED) is 0.562. The van der Waals surface area contributed by atoms with E-state index in [1.807, 2.05) is 18.2 Å². The summed E-state index contributed by atoms with van der Waals surface area (Å²) in [6.45, 7) is 8.35. The van der Waals surface area contributed by atoms with Crippen molar-refractivity contribution < 1.29 is 4.79 Å². The largest absolute Gasteiger partial charge is 0.343 e. The topological polar surface area (TPSA) is 62.3 Å². The van der Waals surface area contributed by atoms with Crippen molar-refractivity contribution in [2.45, 2.75) is 39.8 Å². The van der Waals surface area contributed by atoms with Gasteiger partial charge in [0.1, 0.15) is 0 Å². The first kappa shape index (κ1) is 20.5. The Labute approximate surface area is 176 Å². The van der Waals surface area contributed by atoms with Crippen molar-refractivity contribution >= 4 is 54.1 Å². The van der Waals surface area contributed by atoms with Crippen LogP contribution in [0.25, 0.3) is 10.1 Å². The molecule has 0 radical (unpaired) electrons. The summed E-state index contributed by atoms with van der Waals surface area (Å²) in [5.41, 5.74) is 0.826. The van der Waals surface area contributed by atoms with Crippen LogP contribution in [0.3, 0.4) is 0 Å². The number of benzene rings is 2. The minimum atomic E-state index is -0.284. The van der Waals surface area contributed by atoms with Crippen LogP contribution in [0.5, 0.6) is 0 Å². The SMILES string of the molecule is CC(C)N(c1nc(=O)c2cc(NC(=O)c3cccc(Br)c3)ccc2s1)C(C)C. The number of amides is 1. The molecule has 1 amide bonds. The van der Waals surface area contributed by atoms with Gasteiger partial charge in [0.15, 0.2) is 5.13 Å². The van der Waals surface area contributed by atoms with E-state index in [-0.39, 0.29) is 23.6 Å². The summed E-state index contributed by atoms with van der Waals surface area (Å²) in [7, 11) is 0. The number of hydrogen-bond donors (Lipinski definition) is 1. The van der Waals surface area contributed by atoms with Gasteiger partial charge in [0, 0.05) is 32.5 Å². The predicted octanol–water partition coefficient (Wildman–Crippen LogP) is 5.29. The molecule has 1 heterocycles. The molecule has 3 rings (SSSR count). The van der Waals surface area contributed by atoms with Gasteiger partial charge >= 0.3 is 0 Å². The van der Waals surface area contributed by atoms with E-state index in [1.54, 1.807) is 24.3 Å². The molecule has 7 heteroatoms. The number of carbonyl (C=O) groups excluding carboxylic acids is 1. The smallest absolute Gasteiger partial charge is 0.281 e. The predicted molar refractivity (Wildman–Crippen MR) is 121 cm³/mol. The monoisotopic (exact) mass is 459 g/mol. The van der Waals surface area contributed by atoms with Crippen LogP contribution in [-0.4, -0.2) is 23.0 Å². The van der Waals surface area contributed by atoms with E-state index in [4.69, 9.17) is 0 Å². The van der Waals surface area contributed by atoms with Gasteiger partial charge in [-0.2, -0.15) is 4.98 Å². The Morgan fingerprint density at radius 3 is 2.46 bits per heavy atom. The number of aromatic nitrogens is 1. The van der Waals surface area contributed by atoms with Crippen molar-refractivity contribution in [2.75, 3.05) is 10.2 Å². The zero-order chi connectivity index (χ0) is 20.4. The first-order valence-electron chi connectivity index (χ1n) is 9.06. The highest BCUT2D eigenvalue weighted by Crippen LogP contribution is 2.28. The zero-order valence-electron chi connectivity index (χ0n) is 16.2. The van der Waals surface area contributed by atoms with Crippen LogP contribution in [0.15, 0.2) is 51.7 Å². The first-order valence-corrected chi connectivity index (χ1v) is 10.7. The minimum Gasteiger partial charge on any atom is -0.343 e. The lowest BCUT2D eigenvalue weighted by molar-refractivity contribution is 0.102. The van der Waals surface area contributed by atoms with E-state index in [9.17, 15) is 9.59 Å². The van der Waals surface area contributed by atoms with Gasteiger partial charge in [0.25, 0.3) is 11.5 Å². The van der Waals surface area contributed by atoms with Crippen LogP contribution in [0.2, 0.25) is 0 Å². The van der Waals surface area contributed by atoms with E-state index >= 15 is 0 Å². The maximum Gasteiger partial charge on any atom is 0.281 e. The lowest BCUT2D eigenvalue weighted by atomic mass is 10.2. The molecule has 146 valence electrons. The Morgan fingerprint density at radius 2 is 1.82 bits per heavy atom. The molecule has 0 aliphatic rings. The maximum absolute atomic E-state index is 12.7. The molecule has 0 saturated carbocycles. The highest BCUT2D eigenvalue weighted by Gasteiger charge is 2.18. The van der Waals surface area contributed by atoms with Gasteiger partial charge in [-0.3, -0.25) is 9.59 Å². The van der Waals surface area contributed by atoms with Gasteiger partial charge in [-0.15, -0.1) is 0 Å². The van der Waals surface area contributed by atoms with Gasteiger partial charge in [-0.25, -0.2) is 0 Å². The molecule has 0 aliphatic carbocycles. The van der Waals surface area contributed by atoms with Crippen molar-refractivity contribution in [3.8, 4) is 0 Å². The lowest BCUT2D eigenvalue weighted by Crippen LogP contribution is -2.38. The standard InChI is InChI=1S/C21H22BrN3O2S/c1-12(2)25(13(3)4)21-24-20(27)17-11-16(8-9-18(17)28-21)23-19(26)14-6-5-7-15(22)10-14/h5-13H,1-4H3,(H,23,26). The maximum atomic E-state index is 12.7. The summed E-state index contributed by atoms with van der Waals surface area (Å²) in [6, 6.07) is 13.0. The van der Waals surface area contributed by atoms with Gasteiger partial charge in [-0.05, 0) is 64.1 Å². The Balaban J connectivity index is 1.94. The molecule has 0 atom stereocenters. The molecule has 3 aromatic rings. The van der Waals surface area contributed by atoms with E-state index in [0.29, 0.717) is 21.8 Å². The number of fused-ring (bicyclic) bond motifs is 1. The van der Waals surface area contributed by atoms with Crippen LogP contribution in [0.1, 0.15) is 38.1 Å². The van der Waals surface area contributed by atoms with Crippen molar-refractivity contribution in [2.24, 2.45) is 0 Å². The fraction of sp³-hybridized carbons (Fsp3) is 0.286. The van der Waals surface area contributed by atoms with Crippen molar-refractivity contribution in [3.63, 3.8) is 0 Å². The van der Waals surface area contributed by atoms with Crippen LogP contribution in [0, 0.1) is 0 Å². The molecule has 1 aromatic heterocycles. The highest BCUT2D eigenvalue weighted by atomic mass is 79.9. The zero-order valence-corrected chi connectivity index (χ0v) is 18.6. The third kappa shape index (κ3) is 4.42. The van der Waals surface area contributed by atoms with Gasteiger partial charge < -0.3 is 10.2 Å². The second kappa shape index (κ2) is 8.41. The molecular weight excluding hydrogens is 438 g/mol. The third-order valence-corrected chi connectivity index (χ3v) is 5.84. The molecule has 2 aromatic carbocycles. The second-order valence-electron chi connectivity index (χ2n) is 7.07. The minimum absolute atomic E-state index is 0.229. The number of nitrogens with one attached hydrogen (secondary N) is 1. The molecule has 0 saturated heterocycles. The van der Waals surface area contributed by atoms with E-state index < -0.39 is 0 Å². The summed E-state index contributed by atoms with van der Waals surface area (Å²) >= 11 is 4.85. The summed E-state index contributed by atoms with van der Waals surface area (Å²) in [5.74, 6) is -0.229. The van der Waals surface area contributed by atoms with Gasteiger partial charge in [0.2, 0.25) is 0 Å². The average Bonchev–Trinajstić information content (AvgIpc) is 2.61. The van der Waals surface area contributed by atoms with Crippen molar-refractivity contribution in [3.05, 3.63) is 62.9 Å². The number of rotatable bonds is 5. The molecule has 0 unspecified atom stereocenters. The normalized spacial score (nSPS) is 11.2. The fourth-order valence-corrected chi connectivity index (χ4v) is 4.76. The van der Waals surface area contributed by atoms with Crippen LogP contribution < -0.4 is 15.8 Å². The Kier molecular flexibility index (Phi) is 6.15. The summed E-state index contributed by atoms with van der Waals surface area (Å²) in [6.07, 6.45) is 0. The van der Waals surface area contributed by atoms with Gasteiger partial charge in [-0.1, -0.05) is 33.3 Å². The van der Waals surface area contributed by atoms with Crippen LogP contribution in [0.4, 0.5) is 10.8 Å². The first-order chi connectivity index (χ1) is 13.3. The molecule has 1 N–H and O–H groups in total. The highest BCUT2D eigenvalue weighted by molar-refractivity contribution is 9.10. The molecule has 28 heavy (non-hydrogen) atoms. The number of hydrogen-bond acceptors (Lipinski definition) is 5. The second-order valence-corrected chi connectivity index (χ2v) is 9.00. The van der Waals surface area contributed by atoms with E-state index in [1.165, 1.54) is 11.3 Å². The Bertz CT molecular complexity index is 1070. The number of anilines is 2. The molecular formula is C21H22BrN3O2S. The Hall–Kier alpha value is -2.25. The van der Waals surface area contributed by atoms with Crippen LogP contribution in [-0.2, 0) is 0 Å². The summed E-state index contributed by atoms with van der Waals surface area (Å²) < 4.78 is 1.68. The summed E-state index contributed by atoms with van der Waals surface area (Å²) in [4.78, 5) is 31.5. The van der Waals surface area contributed by atoms with E-state index in [0.717, 1.165) is 9.17 Å². The number of halogens is 1. The molecule has 0 aliphatic heterocycles. The molecule has 0 spiro atoms. The molecule has 0 bridgehead atoms.